The van der Waals surface area contributed by atoms with Crippen LogP contribution in [0.1, 0.15) is 5.69 Å². The second-order valence-corrected chi connectivity index (χ2v) is 5.70. The first-order valence-corrected chi connectivity index (χ1v) is 7.71. The zero-order chi connectivity index (χ0) is 17.4. The Kier molecular flexibility index (Phi) is 3.66. The largest absolute Gasteiger partial charge is 0.433 e. The molecule has 0 aromatic carbocycles. The van der Waals surface area contributed by atoms with Gasteiger partial charge in [0.05, 0.1) is 0 Å². The molecule has 0 radical (unpaired) electrons. The van der Waals surface area contributed by atoms with Gasteiger partial charge in [-0.25, -0.2) is 0 Å². The van der Waals surface area contributed by atoms with Crippen LogP contribution in [0.2, 0.25) is 0 Å². The molecule has 4 heterocycles. The molecule has 0 aliphatic carbocycles. The van der Waals surface area contributed by atoms with Gasteiger partial charge in [-0.15, -0.1) is 15.3 Å². The average Bonchev–Trinajstić information content (AvgIpc) is 3.09. The highest BCUT2D eigenvalue weighted by Crippen LogP contribution is 2.30. The van der Waals surface area contributed by atoms with Crippen molar-refractivity contribution < 1.29 is 13.2 Å². The SMILES string of the molecule is FC(F)(F)c1cc(N2CCN(c3ccc4nncn4n3)CC2)ccn1. The summed E-state index contributed by atoms with van der Waals surface area (Å²) in [6.07, 6.45) is -1.70. The Labute approximate surface area is 140 Å². The van der Waals surface area contributed by atoms with E-state index in [4.69, 9.17) is 0 Å². The number of anilines is 2. The minimum atomic E-state index is -4.43. The molecule has 1 aliphatic heterocycles. The molecule has 3 aromatic rings. The third kappa shape index (κ3) is 3.06. The number of alkyl halides is 3. The fourth-order valence-electron chi connectivity index (χ4n) is 2.85. The van der Waals surface area contributed by atoms with E-state index in [0.717, 1.165) is 11.9 Å². The molecule has 3 aromatic heterocycles. The predicted molar refractivity (Wildman–Crippen MR) is 84.4 cm³/mol. The summed E-state index contributed by atoms with van der Waals surface area (Å²) < 4.78 is 40.0. The Balaban J connectivity index is 1.48. The molecule has 25 heavy (non-hydrogen) atoms. The normalized spacial score (nSPS) is 15.8. The summed E-state index contributed by atoms with van der Waals surface area (Å²) in [6.45, 7) is 2.51. The van der Waals surface area contributed by atoms with Crippen molar-refractivity contribution in [3.05, 3.63) is 42.5 Å². The lowest BCUT2D eigenvalue weighted by molar-refractivity contribution is -0.141. The first-order valence-electron chi connectivity index (χ1n) is 7.71. The van der Waals surface area contributed by atoms with Gasteiger partial charge in [0.15, 0.2) is 5.65 Å². The number of piperazine rings is 1. The molecule has 4 rings (SSSR count). The number of fused-ring (bicyclic) bond motifs is 1. The van der Waals surface area contributed by atoms with Crippen LogP contribution in [0.15, 0.2) is 36.8 Å². The number of hydrogen-bond acceptors (Lipinski definition) is 6. The minimum absolute atomic E-state index is 0.532. The van der Waals surface area contributed by atoms with E-state index in [2.05, 4.69) is 25.2 Å². The van der Waals surface area contributed by atoms with Gasteiger partial charge in [-0.1, -0.05) is 0 Å². The number of aromatic nitrogens is 5. The fraction of sp³-hybridized carbons (Fsp3) is 0.333. The van der Waals surface area contributed by atoms with Crippen LogP contribution in [0.25, 0.3) is 5.65 Å². The number of nitrogens with zero attached hydrogens (tertiary/aromatic N) is 7. The van der Waals surface area contributed by atoms with Crippen molar-refractivity contribution in [1.82, 2.24) is 24.8 Å². The molecule has 0 unspecified atom stereocenters. The van der Waals surface area contributed by atoms with Crippen LogP contribution in [-0.2, 0) is 6.18 Å². The van der Waals surface area contributed by atoms with E-state index in [-0.39, 0.29) is 0 Å². The molecule has 0 saturated carbocycles. The molecular weight excluding hydrogens is 335 g/mol. The van der Waals surface area contributed by atoms with Crippen LogP contribution >= 0.6 is 0 Å². The zero-order valence-electron chi connectivity index (χ0n) is 13.1. The van der Waals surface area contributed by atoms with E-state index in [1.165, 1.54) is 12.5 Å². The number of halogens is 3. The smallest absolute Gasteiger partial charge is 0.368 e. The second kappa shape index (κ2) is 5.87. The van der Waals surface area contributed by atoms with Crippen molar-refractivity contribution in [3.63, 3.8) is 0 Å². The zero-order valence-corrected chi connectivity index (χ0v) is 13.1. The van der Waals surface area contributed by atoms with Crippen LogP contribution in [0.3, 0.4) is 0 Å². The summed E-state index contributed by atoms with van der Waals surface area (Å²) in [5.74, 6) is 0.789. The second-order valence-electron chi connectivity index (χ2n) is 5.70. The summed E-state index contributed by atoms with van der Waals surface area (Å²) in [4.78, 5) is 7.41. The van der Waals surface area contributed by atoms with Gasteiger partial charge >= 0.3 is 6.18 Å². The van der Waals surface area contributed by atoms with Crippen LogP contribution in [0, 0.1) is 0 Å². The van der Waals surface area contributed by atoms with Gasteiger partial charge in [0.25, 0.3) is 0 Å². The number of hydrogen-bond donors (Lipinski definition) is 0. The van der Waals surface area contributed by atoms with Crippen molar-refractivity contribution in [3.8, 4) is 0 Å². The third-order valence-electron chi connectivity index (χ3n) is 4.15. The highest BCUT2D eigenvalue weighted by atomic mass is 19.4. The minimum Gasteiger partial charge on any atom is -0.368 e. The molecule has 0 spiro atoms. The molecule has 1 aliphatic rings. The lowest BCUT2D eigenvalue weighted by Gasteiger charge is -2.36. The van der Waals surface area contributed by atoms with E-state index in [9.17, 15) is 13.2 Å². The molecule has 1 saturated heterocycles. The van der Waals surface area contributed by atoms with Gasteiger partial charge in [0, 0.05) is 38.1 Å². The Morgan fingerprint density at radius 1 is 0.960 bits per heavy atom. The van der Waals surface area contributed by atoms with Crippen molar-refractivity contribution in [2.24, 2.45) is 0 Å². The maximum atomic E-state index is 12.8. The topological polar surface area (TPSA) is 62.5 Å². The summed E-state index contributed by atoms with van der Waals surface area (Å²) in [7, 11) is 0. The molecule has 0 atom stereocenters. The lowest BCUT2D eigenvalue weighted by atomic mass is 10.2. The van der Waals surface area contributed by atoms with Crippen molar-refractivity contribution in [2.75, 3.05) is 36.0 Å². The number of pyridine rings is 1. The molecule has 7 nitrogen and oxygen atoms in total. The third-order valence-corrected chi connectivity index (χ3v) is 4.15. The van der Waals surface area contributed by atoms with Crippen LogP contribution in [0.4, 0.5) is 24.7 Å². The monoisotopic (exact) mass is 349 g/mol. The van der Waals surface area contributed by atoms with Crippen LogP contribution < -0.4 is 9.80 Å². The predicted octanol–water partition coefficient (Wildman–Crippen LogP) is 1.86. The van der Waals surface area contributed by atoms with E-state index >= 15 is 0 Å². The highest BCUT2D eigenvalue weighted by Gasteiger charge is 2.33. The van der Waals surface area contributed by atoms with Gasteiger partial charge in [0.1, 0.15) is 17.8 Å². The molecule has 0 bridgehead atoms. The first-order chi connectivity index (χ1) is 12.0. The maximum Gasteiger partial charge on any atom is 0.433 e. The van der Waals surface area contributed by atoms with Crippen molar-refractivity contribution in [1.29, 1.82) is 0 Å². The van der Waals surface area contributed by atoms with E-state index in [1.807, 2.05) is 17.0 Å². The van der Waals surface area contributed by atoms with Gasteiger partial charge < -0.3 is 9.80 Å². The maximum absolute atomic E-state index is 12.8. The molecule has 0 amide bonds. The molecule has 130 valence electrons. The van der Waals surface area contributed by atoms with E-state index in [1.54, 1.807) is 10.6 Å². The summed E-state index contributed by atoms with van der Waals surface area (Å²) >= 11 is 0. The van der Waals surface area contributed by atoms with Crippen molar-refractivity contribution in [2.45, 2.75) is 6.18 Å². The molecule has 0 N–H and O–H groups in total. The molecule has 1 fully saturated rings. The van der Waals surface area contributed by atoms with Gasteiger partial charge in [-0.05, 0) is 24.3 Å². The Hall–Kier alpha value is -2.91. The van der Waals surface area contributed by atoms with Crippen molar-refractivity contribution >= 4 is 17.2 Å². The number of rotatable bonds is 2. The standard InChI is InChI=1S/C15H14F3N7/c16-15(17,18)12-9-11(3-4-19-12)23-5-7-24(8-6-23)14-2-1-13-21-20-10-25(13)22-14/h1-4,9-10H,5-8H2. The lowest BCUT2D eigenvalue weighted by Crippen LogP contribution is -2.47. The summed E-state index contributed by atoms with van der Waals surface area (Å²) in [6, 6.07) is 6.40. The van der Waals surface area contributed by atoms with Gasteiger partial charge in [0.2, 0.25) is 0 Å². The quantitative estimate of drug-likeness (QED) is 0.704. The van der Waals surface area contributed by atoms with E-state index < -0.39 is 11.9 Å². The van der Waals surface area contributed by atoms with Crippen LogP contribution in [0.5, 0.6) is 0 Å². The highest BCUT2D eigenvalue weighted by molar-refractivity contribution is 5.51. The first kappa shape index (κ1) is 15.6. The summed E-state index contributed by atoms with van der Waals surface area (Å²) in [5, 5.41) is 12.1. The molecular formula is C15H14F3N7. The Morgan fingerprint density at radius 2 is 1.72 bits per heavy atom. The fourth-order valence-corrected chi connectivity index (χ4v) is 2.85. The molecule has 10 heteroatoms. The van der Waals surface area contributed by atoms with Gasteiger partial charge in [-0.2, -0.15) is 17.7 Å². The summed E-state index contributed by atoms with van der Waals surface area (Å²) in [5.41, 5.74) is 0.329. The average molecular weight is 349 g/mol. The van der Waals surface area contributed by atoms with Gasteiger partial charge in [-0.3, -0.25) is 4.98 Å². The Morgan fingerprint density at radius 3 is 2.48 bits per heavy atom. The van der Waals surface area contributed by atoms with E-state index in [0.29, 0.717) is 37.5 Å². The van der Waals surface area contributed by atoms with Crippen LogP contribution in [-0.4, -0.2) is 51.0 Å². The Bertz CT molecular complexity index is 884.